The van der Waals surface area contributed by atoms with Gasteiger partial charge in [0.05, 0.1) is 11.8 Å². The van der Waals surface area contributed by atoms with Gasteiger partial charge >= 0.3 is 0 Å². The fraction of sp³-hybridized carbons (Fsp3) is 0.143. The van der Waals surface area contributed by atoms with E-state index < -0.39 is 0 Å². The number of furan rings is 1. The van der Waals surface area contributed by atoms with E-state index in [1.807, 2.05) is 0 Å². The topological polar surface area (TPSA) is 113 Å². The number of carbonyl (C=O) groups is 3. The molecule has 0 spiro atoms. The average molecular weight is 392 g/mol. The molecule has 0 aliphatic rings. The second kappa shape index (κ2) is 9.84. The first-order valence-corrected chi connectivity index (χ1v) is 9.05. The quantitative estimate of drug-likeness (QED) is 0.510. The molecular formula is C21H20N4O4. The highest BCUT2D eigenvalue weighted by Gasteiger charge is 2.09. The van der Waals surface area contributed by atoms with Gasteiger partial charge in [0.2, 0.25) is 5.91 Å². The van der Waals surface area contributed by atoms with Crippen LogP contribution in [0.15, 0.2) is 71.6 Å². The summed E-state index contributed by atoms with van der Waals surface area (Å²) >= 11 is 0. The Morgan fingerprint density at radius 1 is 0.931 bits per heavy atom. The highest BCUT2D eigenvalue weighted by atomic mass is 16.3. The smallest absolute Gasteiger partial charge is 0.286 e. The first-order chi connectivity index (χ1) is 14.1. The van der Waals surface area contributed by atoms with Crippen LogP contribution in [0.1, 0.15) is 33.8 Å². The lowest BCUT2D eigenvalue weighted by molar-refractivity contribution is -0.116. The van der Waals surface area contributed by atoms with E-state index in [0.717, 1.165) is 0 Å². The standard InChI is InChI=1S/C21H20N4O4/c26-19(9-3-11-23-21(28)18-8-4-12-29-18)24-16-6-1-7-17(13-16)25-20(27)15-5-2-10-22-14-15/h1-2,4-8,10,12-14H,3,9,11H2,(H,23,28)(H,24,26)(H,25,27). The van der Waals surface area contributed by atoms with Gasteiger partial charge < -0.3 is 20.4 Å². The van der Waals surface area contributed by atoms with Crippen molar-refractivity contribution in [1.82, 2.24) is 10.3 Å². The van der Waals surface area contributed by atoms with Crippen LogP contribution in [-0.4, -0.2) is 29.3 Å². The average Bonchev–Trinajstić information content (AvgIpc) is 3.27. The molecule has 0 atom stereocenters. The van der Waals surface area contributed by atoms with Gasteiger partial charge in [-0.2, -0.15) is 0 Å². The summed E-state index contributed by atoms with van der Waals surface area (Å²) in [6, 6.07) is 13.4. The molecule has 8 heteroatoms. The van der Waals surface area contributed by atoms with Crippen LogP contribution in [0.25, 0.3) is 0 Å². The summed E-state index contributed by atoms with van der Waals surface area (Å²) in [4.78, 5) is 39.9. The number of hydrogen-bond acceptors (Lipinski definition) is 5. The summed E-state index contributed by atoms with van der Waals surface area (Å²) in [6.45, 7) is 0.355. The first-order valence-electron chi connectivity index (χ1n) is 9.05. The molecule has 3 rings (SSSR count). The molecule has 0 unspecified atom stereocenters. The molecule has 3 N–H and O–H groups in total. The number of carbonyl (C=O) groups excluding carboxylic acids is 3. The second-order valence-corrected chi connectivity index (χ2v) is 6.16. The maximum atomic E-state index is 12.2. The zero-order chi connectivity index (χ0) is 20.5. The first kappa shape index (κ1) is 19.8. The van der Waals surface area contributed by atoms with Gasteiger partial charge in [0.1, 0.15) is 0 Å². The normalized spacial score (nSPS) is 10.2. The van der Waals surface area contributed by atoms with Gasteiger partial charge in [-0.05, 0) is 48.9 Å². The third kappa shape index (κ3) is 6.03. The molecule has 0 aliphatic heterocycles. The van der Waals surface area contributed by atoms with Crippen LogP contribution >= 0.6 is 0 Å². The zero-order valence-electron chi connectivity index (χ0n) is 15.6. The Kier molecular flexibility index (Phi) is 6.72. The van der Waals surface area contributed by atoms with Crippen LogP contribution in [0.2, 0.25) is 0 Å². The van der Waals surface area contributed by atoms with Crippen molar-refractivity contribution in [3.05, 3.63) is 78.5 Å². The summed E-state index contributed by atoms with van der Waals surface area (Å²) in [5, 5.41) is 8.23. The molecule has 2 aromatic heterocycles. The molecule has 2 heterocycles. The number of rotatable bonds is 8. The lowest BCUT2D eigenvalue weighted by Crippen LogP contribution is -2.25. The van der Waals surface area contributed by atoms with Crippen LogP contribution in [-0.2, 0) is 4.79 Å². The van der Waals surface area contributed by atoms with Gasteiger partial charge in [-0.15, -0.1) is 0 Å². The molecule has 148 valence electrons. The number of benzene rings is 1. The Balaban J connectivity index is 1.44. The van der Waals surface area contributed by atoms with E-state index in [1.165, 1.54) is 12.5 Å². The molecule has 8 nitrogen and oxygen atoms in total. The fourth-order valence-corrected chi connectivity index (χ4v) is 2.54. The maximum absolute atomic E-state index is 12.2. The summed E-state index contributed by atoms with van der Waals surface area (Å²) in [5.74, 6) is -0.547. The summed E-state index contributed by atoms with van der Waals surface area (Å²) in [7, 11) is 0. The zero-order valence-corrected chi connectivity index (χ0v) is 15.6. The molecule has 0 bridgehead atoms. The van der Waals surface area contributed by atoms with Gasteiger partial charge in [0.25, 0.3) is 11.8 Å². The number of amides is 3. The molecule has 0 radical (unpaired) electrons. The van der Waals surface area contributed by atoms with E-state index in [1.54, 1.807) is 54.7 Å². The number of nitrogens with one attached hydrogen (secondary N) is 3. The molecule has 3 aromatic rings. The molecule has 3 amide bonds. The van der Waals surface area contributed by atoms with Crippen LogP contribution in [0.3, 0.4) is 0 Å². The molecule has 0 aliphatic carbocycles. The van der Waals surface area contributed by atoms with E-state index in [9.17, 15) is 14.4 Å². The minimum atomic E-state index is -0.313. The third-order valence-corrected chi connectivity index (χ3v) is 3.94. The molecule has 0 saturated heterocycles. The Labute approximate surface area is 167 Å². The number of anilines is 2. The third-order valence-electron chi connectivity index (χ3n) is 3.94. The van der Waals surface area contributed by atoms with Gasteiger partial charge in [0, 0.05) is 36.7 Å². The highest BCUT2D eigenvalue weighted by Crippen LogP contribution is 2.16. The van der Waals surface area contributed by atoms with E-state index in [2.05, 4.69) is 20.9 Å². The van der Waals surface area contributed by atoms with Gasteiger partial charge in [-0.1, -0.05) is 6.07 Å². The minimum Gasteiger partial charge on any atom is -0.459 e. The molecule has 29 heavy (non-hydrogen) atoms. The number of pyridine rings is 1. The largest absolute Gasteiger partial charge is 0.459 e. The van der Waals surface area contributed by atoms with E-state index in [4.69, 9.17) is 4.42 Å². The maximum Gasteiger partial charge on any atom is 0.286 e. The summed E-state index contributed by atoms with van der Waals surface area (Å²) in [5.41, 5.74) is 1.57. The predicted octanol–water partition coefficient (Wildman–Crippen LogP) is 3.08. The van der Waals surface area contributed by atoms with Gasteiger partial charge in [-0.25, -0.2) is 0 Å². The molecule has 1 aromatic carbocycles. The van der Waals surface area contributed by atoms with E-state index >= 15 is 0 Å². The van der Waals surface area contributed by atoms with Crippen molar-refractivity contribution in [2.45, 2.75) is 12.8 Å². The monoisotopic (exact) mass is 392 g/mol. The summed E-state index contributed by atoms with van der Waals surface area (Å²) < 4.78 is 4.99. The van der Waals surface area contributed by atoms with Gasteiger partial charge in [-0.3, -0.25) is 19.4 Å². The number of aromatic nitrogens is 1. The van der Waals surface area contributed by atoms with Crippen molar-refractivity contribution >= 4 is 29.1 Å². The Bertz CT molecular complexity index is 971. The second-order valence-electron chi connectivity index (χ2n) is 6.16. The Hall–Kier alpha value is -3.94. The van der Waals surface area contributed by atoms with Crippen molar-refractivity contribution in [3.63, 3.8) is 0 Å². The van der Waals surface area contributed by atoms with Crippen molar-refractivity contribution in [2.75, 3.05) is 17.2 Å². The summed E-state index contributed by atoms with van der Waals surface area (Å²) in [6.07, 6.45) is 5.22. The lowest BCUT2D eigenvalue weighted by atomic mass is 10.2. The van der Waals surface area contributed by atoms with Crippen molar-refractivity contribution in [1.29, 1.82) is 0 Å². The molecular weight excluding hydrogens is 372 g/mol. The van der Waals surface area contributed by atoms with Crippen LogP contribution < -0.4 is 16.0 Å². The van der Waals surface area contributed by atoms with Crippen molar-refractivity contribution < 1.29 is 18.8 Å². The van der Waals surface area contributed by atoms with Crippen LogP contribution in [0, 0.1) is 0 Å². The Morgan fingerprint density at radius 2 is 1.76 bits per heavy atom. The predicted molar refractivity (Wildman–Crippen MR) is 108 cm³/mol. The van der Waals surface area contributed by atoms with Crippen molar-refractivity contribution in [2.24, 2.45) is 0 Å². The number of nitrogens with zero attached hydrogens (tertiary/aromatic N) is 1. The van der Waals surface area contributed by atoms with Crippen LogP contribution in [0.4, 0.5) is 11.4 Å². The Morgan fingerprint density at radius 3 is 2.48 bits per heavy atom. The van der Waals surface area contributed by atoms with Gasteiger partial charge in [0.15, 0.2) is 5.76 Å². The SMILES string of the molecule is O=C(CCCNC(=O)c1ccco1)Nc1cccc(NC(=O)c2cccnc2)c1. The fourth-order valence-electron chi connectivity index (χ4n) is 2.54. The van der Waals surface area contributed by atoms with Crippen molar-refractivity contribution in [3.8, 4) is 0 Å². The van der Waals surface area contributed by atoms with E-state index in [-0.39, 0.29) is 29.9 Å². The minimum absolute atomic E-state index is 0.187. The number of hydrogen-bond donors (Lipinski definition) is 3. The molecule has 0 fully saturated rings. The highest BCUT2D eigenvalue weighted by molar-refractivity contribution is 6.04. The van der Waals surface area contributed by atoms with Crippen LogP contribution in [0.5, 0.6) is 0 Å². The lowest BCUT2D eigenvalue weighted by Gasteiger charge is -2.09. The molecule has 0 saturated carbocycles. The van der Waals surface area contributed by atoms with E-state index in [0.29, 0.717) is 29.9 Å².